The third kappa shape index (κ3) is 1.72. The van der Waals surface area contributed by atoms with Gasteiger partial charge >= 0.3 is 0 Å². The van der Waals surface area contributed by atoms with E-state index >= 15 is 0 Å². The van der Waals surface area contributed by atoms with E-state index in [1.165, 1.54) is 0 Å². The highest BCUT2D eigenvalue weighted by Crippen LogP contribution is 2.30. The zero-order chi connectivity index (χ0) is 11.7. The van der Waals surface area contributed by atoms with E-state index in [1.807, 2.05) is 24.3 Å². The van der Waals surface area contributed by atoms with Crippen molar-refractivity contribution in [2.45, 2.75) is 6.42 Å². The number of rotatable bonds is 3. The molecule has 4 heteroatoms. The summed E-state index contributed by atoms with van der Waals surface area (Å²) >= 11 is 0. The Hall–Kier alpha value is -2.07. The van der Waals surface area contributed by atoms with E-state index in [0.717, 1.165) is 22.3 Å². The summed E-state index contributed by atoms with van der Waals surface area (Å²) in [6.07, 6.45) is 4.05. The van der Waals surface area contributed by atoms with Crippen LogP contribution in [0.2, 0.25) is 0 Å². The Morgan fingerprint density at radius 1 is 1.24 bits per heavy atom. The number of furan rings is 1. The first-order valence-corrected chi connectivity index (χ1v) is 5.50. The average Bonchev–Trinajstić information content (AvgIpc) is 2.95. The van der Waals surface area contributed by atoms with Crippen LogP contribution in [0.1, 0.15) is 5.89 Å². The highest BCUT2D eigenvalue weighted by atomic mass is 16.4. The summed E-state index contributed by atoms with van der Waals surface area (Å²) in [4.78, 5) is 4.18. The Kier molecular flexibility index (Phi) is 2.42. The molecule has 3 rings (SSSR count). The summed E-state index contributed by atoms with van der Waals surface area (Å²) in [5, 5.41) is 1.03. The van der Waals surface area contributed by atoms with Crippen molar-refractivity contribution in [1.29, 1.82) is 0 Å². The van der Waals surface area contributed by atoms with Crippen LogP contribution in [0.3, 0.4) is 0 Å². The number of aromatic nitrogens is 1. The Labute approximate surface area is 98.0 Å². The number of nitrogens with two attached hydrogens (primary N) is 1. The van der Waals surface area contributed by atoms with E-state index in [-0.39, 0.29) is 0 Å². The third-order valence-electron chi connectivity index (χ3n) is 2.66. The Morgan fingerprint density at radius 3 is 3.00 bits per heavy atom. The maximum atomic E-state index is 5.63. The van der Waals surface area contributed by atoms with Crippen LogP contribution in [0.4, 0.5) is 0 Å². The first kappa shape index (κ1) is 10.1. The maximum absolute atomic E-state index is 5.63. The number of fused-ring (bicyclic) bond motifs is 1. The van der Waals surface area contributed by atoms with Gasteiger partial charge in [0.1, 0.15) is 11.8 Å². The molecular weight excluding hydrogens is 216 g/mol. The molecule has 17 heavy (non-hydrogen) atoms. The predicted octanol–water partition coefficient (Wildman–Crippen LogP) is 2.59. The maximum Gasteiger partial charge on any atom is 0.196 e. The lowest BCUT2D eigenvalue weighted by atomic mass is 10.1. The molecule has 2 N–H and O–H groups in total. The summed E-state index contributed by atoms with van der Waals surface area (Å²) in [5.41, 5.74) is 7.23. The topological polar surface area (TPSA) is 65.2 Å². The lowest BCUT2D eigenvalue weighted by molar-refractivity contribution is 0.507. The van der Waals surface area contributed by atoms with Gasteiger partial charge in [-0.2, -0.15) is 0 Å². The quantitative estimate of drug-likeness (QED) is 0.748. The summed E-state index contributed by atoms with van der Waals surface area (Å²) in [7, 11) is 0. The van der Waals surface area contributed by atoms with Crippen molar-refractivity contribution in [2.75, 3.05) is 6.54 Å². The minimum atomic E-state index is 0.534. The molecule has 0 aliphatic rings. The van der Waals surface area contributed by atoms with Gasteiger partial charge in [-0.05, 0) is 6.07 Å². The van der Waals surface area contributed by atoms with Crippen LogP contribution in [0.5, 0.6) is 0 Å². The first-order chi connectivity index (χ1) is 8.38. The number of hydrogen-bond acceptors (Lipinski definition) is 4. The fourth-order valence-electron chi connectivity index (χ4n) is 1.84. The molecule has 0 radical (unpaired) electrons. The average molecular weight is 228 g/mol. The first-order valence-electron chi connectivity index (χ1n) is 5.50. The minimum absolute atomic E-state index is 0.534. The van der Waals surface area contributed by atoms with Crippen molar-refractivity contribution in [1.82, 2.24) is 4.98 Å². The lowest BCUT2D eigenvalue weighted by Gasteiger charge is -1.92. The molecule has 0 spiro atoms. The zero-order valence-electron chi connectivity index (χ0n) is 9.22. The van der Waals surface area contributed by atoms with Gasteiger partial charge in [-0.1, -0.05) is 18.2 Å². The van der Waals surface area contributed by atoms with Gasteiger partial charge in [0.15, 0.2) is 11.7 Å². The van der Waals surface area contributed by atoms with Gasteiger partial charge in [-0.25, -0.2) is 4.98 Å². The molecule has 0 saturated carbocycles. The molecule has 0 fully saturated rings. The van der Waals surface area contributed by atoms with E-state index in [0.29, 0.717) is 18.9 Å². The molecule has 1 aromatic carbocycles. The highest BCUT2D eigenvalue weighted by molar-refractivity contribution is 5.92. The molecule has 4 nitrogen and oxygen atoms in total. The van der Waals surface area contributed by atoms with E-state index in [1.54, 1.807) is 12.5 Å². The number of hydrogen-bond donors (Lipinski definition) is 1. The van der Waals surface area contributed by atoms with Crippen molar-refractivity contribution in [2.24, 2.45) is 5.73 Å². The molecule has 0 aliphatic carbocycles. The van der Waals surface area contributed by atoms with E-state index < -0.39 is 0 Å². The van der Waals surface area contributed by atoms with E-state index in [4.69, 9.17) is 14.6 Å². The Balaban J connectivity index is 2.07. The summed E-state index contributed by atoms with van der Waals surface area (Å²) in [6, 6.07) is 7.84. The monoisotopic (exact) mass is 228 g/mol. The normalized spacial score (nSPS) is 11.1. The molecule has 0 amide bonds. The highest BCUT2D eigenvalue weighted by Gasteiger charge is 2.11. The molecule has 0 unspecified atom stereocenters. The number of para-hydroxylation sites is 1. The van der Waals surface area contributed by atoms with Gasteiger partial charge in [0, 0.05) is 18.4 Å². The summed E-state index contributed by atoms with van der Waals surface area (Å²) < 4.78 is 11.1. The van der Waals surface area contributed by atoms with Gasteiger partial charge in [-0.15, -0.1) is 0 Å². The molecular formula is C13H12N2O2. The van der Waals surface area contributed by atoms with Crippen LogP contribution in [-0.4, -0.2) is 11.5 Å². The third-order valence-corrected chi connectivity index (χ3v) is 2.66. The Bertz CT molecular complexity index is 639. The van der Waals surface area contributed by atoms with Crippen LogP contribution >= 0.6 is 0 Å². The predicted molar refractivity (Wildman–Crippen MR) is 64.5 cm³/mol. The molecule has 0 bridgehead atoms. The zero-order valence-corrected chi connectivity index (χ0v) is 9.22. The van der Waals surface area contributed by atoms with Gasteiger partial charge in [0.25, 0.3) is 0 Å². The molecule has 0 saturated heterocycles. The number of nitrogens with zero attached hydrogens (tertiary/aromatic N) is 1. The fraction of sp³-hybridized carbons (Fsp3) is 0.154. The van der Waals surface area contributed by atoms with Crippen molar-refractivity contribution in [3.8, 4) is 11.3 Å². The molecule has 0 aliphatic heterocycles. The standard InChI is InChI=1S/C13H12N2O2/c14-6-5-13-15-7-12(17-13)10-8-16-11-4-2-1-3-9(10)11/h1-4,7-8H,5-6,14H2. The van der Waals surface area contributed by atoms with Crippen LogP contribution < -0.4 is 5.73 Å². The lowest BCUT2D eigenvalue weighted by Crippen LogP contribution is -2.02. The second kappa shape index (κ2) is 4.07. The second-order valence-corrected chi connectivity index (χ2v) is 3.80. The van der Waals surface area contributed by atoms with Gasteiger partial charge in [0.2, 0.25) is 0 Å². The smallest absolute Gasteiger partial charge is 0.196 e. The molecule has 3 aromatic rings. The Morgan fingerprint density at radius 2 is 2.12 bits per heavy atom. The van der Waals surface area contributed by atoms with Crippen molar-refractivity contribution >= 4 is 11.0 Å². The van der Waals surface area contributed by atoms with E-state index in [2.05, 4.69) is 4.98 Å². The van der Waals surface area contributed by atoms with E-state index in [9.17, 15) is 0 Å². The number of oxazole rings is 1. The van der Waals surface area contributed by atoms with Gasteiger partial charge < -0.3 is 14.6 Å². The summed E-state index contributed by atoms with van der Waals surface area (Å²) in [5.74, 6) is 1.38. The summed E-state index contributed by atoms with van der Waals surface area (Å²) in [6.45, 7) is 0.534. The van der Waals surface area contributed by atoms with Crippen LogP contribution in [0.15, 0.2) is 45.6 Å². The van der Waals surface area contributed by atoms with Gasteiger partial charge in [-0.3, -0.25) is 0 Å². The minimum Gasteiger partial charge on any atom is -0.464 e. The van der Waals surface area contributed by atoms with Crippen molar-refractivity contribution in [3.63, 3.8) is 0 Å². The SMILES string of the molecule is NCCc1ncc(-c2coc3ccccc23)o1. The van der Waals surface area contributed by atoms with Crippen LogP contribution in [0.25, 0.3) is 22.3 Å². The molecule has 2 aromatic heterocycles. The van der Waals surface area contributed by atoms with Crippen LogP contribution in [0, 0.1) is 0 Å². The largest absolute Gasteiger partial charge is 0.464 e. The molecule has 0 atom stereocenters. The fourth-order valence-corrected chi connectivity index (χ4v) is 1.84. The molecule has 86 valence electrons. The van der Waals surface area contributed by atoms with Gasteiger partial charge in [0.05, 0.1) is 11.8 Å². The second-order valence-electron chi connectivity index (χ2n) is 3.80. The van der Waals surface area contributed by atoms with Crippen LogP contribution in [-0.2, 0) is 6.42 Å². The van der Waals surface area contributed by atoms with Crippen molar-refractivity contribution in [3.05, 3.63) is 42.6 Å². The molecule has 2 heterocycles. The number of benzene rings is 1. The van der Waals surface area contributed by atoms with Crippen molar-refractivity contribution < 1.29 is 8.83 Å².